The average molecular weight is 369 g/mol. The van der Waals surface area contributed by atoms with Gasteiger partial charge < -0.3 is 10.1 Å². The summed E-state index contributed by atoms with van der Waals surface area (Å²) in [7, 11) is -2.56. The second kappa shape index (κ2) is 6.68. The number of carbonyl (C=O) groups excluding carboxylic acids is 1. The van der Waals surface area contributed by atoms with Gasteiger partial charge in [-0.3, -0.25) is 4.79 Å². The molecule has 1 fully saturated rings. The first-order valence-electron chi connectivity index (χ1n) is 7.43. The summed E-state index contributed by atoms with van der Waals surface area (Å²) in [6, 6.07) is 9.23. The van der Waals surface area contributed by atoms with Crippen molar-refractivity contribution < 1.29 is 17.9 Å². The van der Waals surface area contributed by atoms with Gasteiger partial charge in [0.2, 0.25) is 10.0 Å². The predicted octanol–water partition coefficient (Wildman–Crippen LogP) is 1.63. The number of fused-ring (bicyclic) bond motifs is 1. The monoisotopic (exact) mass is 368 g/mol. The lowest BCUT2D eigenvalue weighted by Crippen LogP contribution is -2.57. The van der Waals surface area contributed by atoms with Crippen LogP contribution < -0.4 is 5.32 Å². The number of nitrogens with zero attached hydrogens (tertiary/aromatic N) is 1. The first kappa shape index (κ1) is 17.2. The molecule has 1 saturated heterocycles. The molecule has 3 rings (SSSR count). The zero-order valence-electron chi connectivity index (χ0n) is 13.0. The summed E-state index contributed by atoms with van der Waals surface area (Å²) in [6.07, 6.45) is 0. The molecule has 1 atom stereocenters. The second-order valence-corrected chi connectivity index (χ2v) is 7.84. The van der Waals surface area contributed by atoms with Gasteiger partial charge in [-0.05, 0) is 35.0 Å². The molecule has 2 aromatic carbocycles. The summed E-state index contributed by atoms with van der Waals surface area (Å²) in [5.74, 6) is -0.571. The highest BCUT2D eigenvalue weighted by molar-refractivity contribution is 7.89. The second-order valence-electron chi connectivity index (χ2n) is 5.51. The van der Waals surface area contributed by atoms with E-state index in [4.69, 9.17) is 16.3 Å². The van der Waals surface area contributed by atoms with Gasteiger partial charge in [0.25, 0.3) is 0 Å². The van der Waals surface area contributed by atoms with Crippen molar-refractivity contribution in [3.63, 3.8) is 0 Å². The van der Waals surface area contributed by atoms with Gasteiger partial charge in [-0.2, -0.15) is 4.31 Å². The van der Waals surface area contributed by atoms with Gasteiger partial charge in [0, 0.05) is 24.7 Å². The van der Waals surface area contributed by atoms with Crippen LogP contribution in [0.5, 0.6) is 0 Å². The number of nitrogens with one attached hydrogen (secondary N) is 1. The number of benzene rings is 2. The van der Waals surface area contributed by atoms with Gasteiger partial charge in [-0.1, -0.05) is 23.7 Å². The third kappa shape index (κ3) is 3.12. The Bertz CT molecular complexity index is 885. The van der Waals surface area contributed by atoms with E-state index in [9.17, 15) is 13.2 Å². The summed E-state index contributed by atoms with van der Waals surface area (Å²) in [5, 5.41) is 5.23. The molecule has 8 heteroatoms. The molecule has 0 aliphatic carbocycles. The molecule has 0 aromatic heterocycles. The van der Waals surface area contributed by atoms with E-state index in [1.807, 2.05) is 0 Å². The molecule has 0 saturated carbocycles. The fourth-order valence-electron chi connectivity index (χ4n) is 2.80. The quantitative estimate of drug-likeness (QED) is 0.833. The number of rotatable bonds is 3. The summed E-state index contributed by atoms with van der Waals surface area (Å²) in [4.78, 5) is 12.1. The maximum atomic E-state index is 13.0. The Morgan fingerprint density at radius 2 is 1.96 bits per heavy atom. The smallest absolute Gasteiger partial charge is 0.325 e. The van der Waals surface area contributed by atoms with Crippen LogP contribution in [0, 0.1) is 0 Å². The maximum Gasteiger partial charge on any atom is 0.325 e. The van der Waals surface area contributed by atoms with Crippen molar-refractivity contribution in [3.05, 3.63) is 41.4 Å². The third-order valence-corrected chi connectivity index (χ3v) is 6.19. The highest BCUT2D eigenvalue weighted by Crippen LogP contribution is 2.26. The Kier molecular flexibility index (Phi) is 4.78. The van der Waals surface area contributed by atoms with E-state index in [2.05, 4.69) is 5.32 Å². The molecule has 0 spiro atoms. The minimum Gasteiger partial charge on any atom is -0.468 e. The first-order chi connectivity index (χ1) is 11.4. The topological polar surface area (TPSA) is 75.7 Å². The van der Waals surface area contributed by atoms with Crippen LogP contribution in [-0.4, -0.2) is 51.5 Å². The summed E-state index contributed by atoms with van der Waals surface area (Å²) in [5.41, 5.74) is 0. The Hall–Kier alpha value is -1.67. The molecule has 128 valence electrons. The molecule has 0 bridgehead atoms. The standard InChI is InChI=1S/C16H17ClN2O4S/c1-23-16(20)15-10-18-6-7-19(15)24(21,22)14-5-3-11-8-13(17)4-2-12(11)9-14/h2-5,8-9,15,18H,6-7,10H2,1H3. The van der Waals surface area contributed by atoms with Gasteiger partial charge in [0.05, 0.1) is 12.0 Å². The molecule has 24 heavy (non-hydrogen) atoms. The summed E-state index contributed by atoms with van der Waals surface area (Å²) < 4.78 is 31.9. The SMILES string of the molecule is COC(=O)C1CNCCN1S(=O)(=O)c1ccc2cc(Cl)ccc2c1. The third-order valence-electron chi connectivity index (χ3n) is 4.05. The average Bonchev–Trinajstić information content (AvgIpc) is 2.60. The molecule has 6 nitrogen and oxygen atoms in total. The molecule has 0 amide bonds. The van der Waals surface area contributed by atoms with E-state index >= 15 is 0 Å². The largest absolute Gasteiger partial charge is 0.468 e. The van der Waals surface area contributed by atoms with Crippen molar-refractivity contribution in [2.45, 2.75) is 10.9 Å². The Balaban J connectivity index is 2.02. The number of piperazine rings is 1. The molecule has 1 heterocycles. The van der Waals surface area contributed by atoms with Gasteiger partial charge in [0.15, 0.2) is 0 Å². The van der Waals surface area contributed by atoms with E-state index in [0.717, 1.165) is 10.8 Å². The van der Waals surface area contributed by atoms with E-state index in [1.54, 1.807) is 30.3 Å². The lowest BCUT2D eigenvalue weighted by atomic mass is 10.1. The highest BCUT2D eigenvalue weighted by atomic mass is 35.5. The maximum absolute atomic E-state index is 13.0. The molecular weight excluding hydrogens is 352 g/mol. The van der Waals surface area contributed by atoms with E-state index < -0.39 is 22.0 Å². The van der Waals surface area contributed by atoms with Crippen LogP contribution in [0.15, 0.2) is 41.3 Å². The molecular formula is C16H17ClN2O4S. The van der Waals surface area contributed by atoms with Crippen molar-refractivity contribution in [2.75, 3.05) is 26.7 Å². The summed E-state index contributed by atoms with van der Waals surface area (Å²) in [6.45, 7) is 0.922. The molecule has 1 N–H and O–H groups in total. The number of halogens is 1. The van der Waals surface area contributed by atoms with Gasteiger partial charge >= 0.3 is 5.97 Å². The van der Waals surface area contributed by atoms with Crippen LogP contribution in [0.3, 0.4) is 0 Å². The number of ether oxygens (including phenoxy) is 1. The molecule has 2 aromatic rings. The van der Waals surface area contributed by atoms with Crippen LogP contribution in [0.4, 0.5) is 0 Å². The van der Waals surface area contributed by atoms with E-state index in [-0.39, 0.29) is 18.0 Å². The Morgan fingerprint density at radius 3 is 2.71 bits per heavy atom. The lowest BCUT2D eigenvalue weighted by Gasteiger charge is -2.33. The first-order valence-corrected chi connectivity index (χ1v) is 9.25. The van der Waals surface area contributed by atoms with Crippen LogP contribution in [-0.2, 0) is 19.6 Å². The number of sulfonamides is 1. The number of hydrogen-bond acceptors (Lipinski definition) is 5. The Labute approximate surface area is 145 Å². The van der Waals surface area contributed by atoms with Crippen molar-refractivity contribution >= 4 is 38.4 Å². The van der Waals surface area contributed by atoms with Crippen LogP contribution >= 0.6 is 11.6 Å². The van der Waals surface area contributed by atoms with E-state index in [0.29, 0.717) is 11.6 Å². The zero-order valence-corrected chi connectivity index (χ0v) is 14.6. The number of hydrogen-bond donors (Lipinski definition) is 1. The van der Waals surface area contributed by atoms with Crippen molar-refractivity contribution in [1.82, 2.24) is 9.62 Å². The fraction of sp³-hybridized carbons (Fsp3) is 0.312. The molecule has 1 aliphatic rings. The molecule has 1 unspecified atom stereocenters. The number of methoxy groups -OCH3 is 1. The molecule has 1 aliphatic heterocycles. The summed E-state index contributed by atoms with van der Waals surface area (Å²) >= 11 is 5.96. The predicted molar refractivity (Wildman–Crippen MR) is 91.5 cm³/mol. The number of esters is 1. The van der Waals surface area contributed by atoms with Gasteiger partial charge in [0.1, 0.15) is 6.04 Å². The van der Waals surface area contributed by atoms with E-state index in [1.165, 1.54) is 17.5 Å². The van der Waals surface area contributed by atoms with Crippen molar-refractivity contribution in [2.24, 2.45) is 0 Å². The van der Waals surface area contributed by atoms with Gasteiger partial charge in [-0.25, -0.2) is 8.42 Å². The van der Waals surface area contributed by atoms with Crippen LogP contribution in [0.1, 0.15) is 0 Å². The van der Waals surface area contributed by atoms with Gasteiger partial charge in [-0.15, -0.1) is 0 Å². The van der Waals surface area contributed by atoms with Crippen LogP contribution in [0.25, 0.3) is 10.8 Å². The normalized spacial score (nSPS) is 19.3. The Morgan fingerprint density at radius 1 is 1.25 bits per heavy atom. The lowest BCUT2D eigenvalue weighted by molar-refractivity contribution is -0.145. The zero-order chi connectivity index (χ0) is 17.3. The van der Waals surface area contributed by atoms with Crippen LogP contribution in [0.2, 0.25) is 5.02 Å². The van der Waals surface area contributed by atoms with Crippen molar-refractivity contribution in [3.8, 4) is 0 Å². The number of carbonyl (C=O) groups is 1. The molecule has 0 radical (unpaired) electrons. The highest BCUT2D eigenvalue weighted by Gasteiger charge is 2.38. The minimum absolute atomic E-state index is 0.146. The van der Waals surface area contributed by atoms with Crippen molar-refractivity contribution in [1.29, 1.82) is 0 Å². The minimum atomic E-state index is -3.81. The fourth-order valence-corrected chi connectivity index (χ4v) is 4.60.